The first-order chi connectivity index (χ1) is 18.0. The van der Waals surface area contributed by atoms with Crippen molar-refractivity contribution in [3.05, 3.63) is 84.6 Å². The van der Waals surface area contributed by atoms with Gasteiger partial charge >= 0.3 is 0 Å². The van der Waals surface area contributed by atoms with Crippen LogP contribution in [-0.2, 0) is 11.4 Å². The Morgan fingerprint density at radius 3 is 2.43 bits per heavy atom. The van der Waals surface area contributed by atoms with Crippen molar-refractivity contribution in [3.63, 3.8) is 0 Å². The minimum Gasteiger partial charge on any atom is -0.588 e. The molecule has 37 heavy (non-hydrogen) atoms. The van der Waals surface area contributed by atoms with Crippen LogP contribution in [0.25, 0.3) is 10.9 Å². The first kappa shape index (κ1) is 24.5. The van der Waals surface area contributed by atoms with E-state index in [-0.39, 0.29) is 17.5 Å². The first-order valence-corrected chi connectivity index (χ1v) is 12.7. The monoisotopic (exact) mass is 516 g/mol. The van der Waals surface area contributed by atoms with Crippen LogP contribution < -0.4 is 9.46 Å². The minimum atomic E-state index is -1.60. The SMILES string of the molecule is COc1cc(C(=O)N2CCN(C(=O)c3cnccn3)CC2)ccc1N[S+]([O-])c1cccc2cccnc12. The highest BCUT2D eigenvalue weighted by Crippen LogP contribution is 2.30. The van der Waals surface area contributed by atoms with Gasteiger partial charge in [-0.1, -0.05) is 18.2 Å². The number of carbonyl (C=O) groups excluding carboxylic acids is 2. The summed E-state index contributed by atoms with van der Waals surface area (Å²) in [5.74, 6) is 0.0198. The summed E-state index contributed by atoms with van der Waals surface area (Å²) in [6.07, 6.45) is 6.09. The molecule has 0 spiro atoms. The molecule has 1 fully saturated rings. The standard InChI is InChI=1S/C26H24N6O4S/c1-36-22-16-19(25(33)31-12-14-32(15-13-31)26(34)21-17-27-10-11-28-21)7-8-20(22)30-37(35)23-6-2-4-18-5-3-9-29-24(18)23/h2-11,16-17,30H,12-15H2,1H3. The Bertz CT molecular complexity index is 1420. The third-order valence-electron chi connectivity index (χ3n) is 6.08. The molecule has 2 amide bonds. The quantitative estimate of drug-likeness (QED) is 0.388. The van der Waals surface area contributed by atoms with Crippen molar-refractivity contribution in [1.82, 2.24) is 24.8 Å². The number of benzene rings is 2. The molecule has 0 saturated carbocycles. The summed E-state index contributed by atoms with van der Waals surface area (Å²) >= 11 is -1.60. The number of rotatable bonds is 6. The maximum absolute atomic E-state index is 13.2. The molecule has 0 aliphatic carbocycles. The normalized spacial score (nSPS) is 14.3. The summed E-state index contributed by atoms with van der Waals surface area (Å²) in [6, 6.07) is 14.2. The van der Waals surface area contributed by atoms with E-state index in [0.717, 1.165) is 5.39 Å². The number of methoxy groups -OCH3 is 1. The van der Waals surface area contributed by atoms with Gasteiger partial charge in [-0.3, -0.25) is 19.6 Å². The van der Waals surface area contributed by atoms with Gasteiger partial charge in [0.1, 0.15) is 34.0 Å². The fourth-order valence-corrected chi connectivity index (χ4v) is 5.18. The molecule has 5 rings (SSSR count). The molecule has 3 heterocycles. The van der Waals surface area contributed by atoms with Gasteiger partial charge in [-0.2, -0.15) is 4.72 Å². The van der Waals surface area contributed by atoms with Crippen molar-refractivity contribution in [3.8, 4) is 5.75 Å². The van der Waals surface area contributed by atoms with E-state index < -0.39 is 11.4 Å². The summed E-state index contributed by atoms with van der Waals surface area (Å²) in [5.41, 5.74) is 1.86. The largest absolute Gasteiger partial charge is 0.588 e. The Hall–Kier alpha value is -4.22. The van der Waals surface area contributed by atoms with Crippen LogP contribution in [0.3, 0.4) is 0 Å². The highest BCUT2D eigenvalue weighted by molar-refractivity contribution is 7.93. The van der Waals surface area contributed by atoms with E-state index in [2.05, 4.69) is 19.7 Å². The second-order valence-corrected chi connectivity index (χ2v) is 9.47. The van der Waals surface area contributed by atoms with Crippen LogP contribution in [0.2, 0.25) is 0 Å². The molecule has 0 bridgehead atoms. The van der Waals surface area contributed by atoms with E-state index in [1.54, 1.807) is 40.3 Å². The van der Waals surface area contributed by atoms with Crippen LogP contribution in [0.15, 0.2) is 78.2 Å². The summed E-state index contributed by atoms with van der Waals surface area (Å²) in [4.78, 5) is 42.0. The van der Waals surface area contributed by atoms with Crippen molar-refractivity contribution in [2.75, 3.05) is 38.0 Å². The number of nitrogens with one attached hydrogen (secondary N) is 1. The molecule has 1 aliphatic rings. The van der Waals surface area contributed by atoms with Gasteiger partial charge in [0, 0.05) is 55.7 Å². The number of ether oxygens (including phenoxy) is 1. The molecule has 4 aromatic rings. The summed E-state index contributed by atoms with van der Waals surface area (Å²) in [6.45, 7) is 1.59. The molecular formula is C26H24N6O4S. The van der Waals surface area contributed by atoms with Crippen LogP contribution in [0.4, 0.5) is 5.69 Å². The number of para-hydroxylation sites is 1. The summed E-state index contributed by atoms with van der Waals surface area (Å²) in [7, 11) is 1.49. The fourth-order valence-electron chi connectivity index (χ4n) is 4.16. The number of pyridine rings is 1. The topological polar surface area (TPSA) is 124 Å². The average molecular weight is 517 g/mol. The molecule has 1 unspecified atom stereocenters. The maximum Gasteiger partial charge on any atom is 0.274 e. The van der Waals surface area contributed by atoms with E-state index in [1.165, 1.54) is 25.7 Å². The molecule has 1 atom stereocenters. The summed E-state index contributed by atoms with van der Waals surface area (Å²) in [5, 5.41) is 0.890. The lowest BCUT2D eigenvalue weighted by Crippen LogP contribution is -2.50. The number of anilines is 1. The Kier molecular flexibility index (Phi) is 7.15. The molecule has 1 saturated heterocycles. The number of carbonyl (C=O) groups is 2. The van der Waals surface area contributed by atoms with Crippen molar-refractivity contribution in [2.45, 2.75) is 4.90 Å². The molecule has 1 aliphatic heterocycles. The van der Waals surface area contributed by atoms with E-state index in [0.29, 0.717) is 53.6 Å². The van der Waals surface area contributed by atoms with E-state index >= 15 is 0 Å². The zero-order chi connectivity index (χ0) is 25.8. The van der Waals surface area contributed by atoms with Crippen molar-refractivity contribution in [2.24, 2.45) is 0 Å². The molecule has 188 valence electrons. The van der Waals surface area contributed by atoms with Gasteiger partial charge in [0.2, 0.25) is 4.90 Å². The fraction of sp³-hybridized carbons (Fsp3) is 0.192. The molecule has 2 aromatic heterocycles. The van der Waals surface area contributed by atoms with Crippen molar-refractivity contribution in [1.29, 1.82) is 0 Å². The first-order valence-electron chi connectivity index (χ1n) is 11.6. The molecule has 11 heteroatoms. The van der Waals surface area contributed by atoms with Gasteiger partial charge in [0.25, 0.3) is 11.8 Å². The van der Waals surface area contributed by atoms with E-state index in [9.17, 15) is 14.1 Å². The molecule has 1 N–H and O–H groups in total. The second-order valence-electron chi connectivity index (χ2n) is 8.29. The lowest BCUT2D eigenvalue weighted by atomic mass is 10.1. The Labute approximate surface area is 216 Å². The Balaban J connectivity index is 1.26. The van der Waals surface area contributed by atoms with Crippen LogP contribution >= 0.6 is 0 Å². The minimum absolute atomic E-state index is 0.171. The number of hydrogen-bond acceptors (Lipinski definition) is 8. The van der Waals surface area contributed by atoms with Crippen molar-refractivity contribution >= 4 is 39.8 Å². The number of piperazine rings is 1. The maximum atomic E-state index is 13.2. The van der Waals surface area contributed by atoms with Crippen molar-refractivity contribution < 1.29 is 18.9 Å². The predicted molar refractivity (Wildman–Crippen MR) is 139 cm³/mol. The van der Waals surface area contributed by atoms with Gasteiger partial charge < -0.3 is 19.1 Å². The van der Waals surface area contributed by atoms with Gasteiger partial charge in [0.15, 0.2) is 0 Å². The Morgan fingerprint density at radius 1 is 0.946 bits per heavy atom. The van der Waals surface area contributed by atoms with Gasteiger partial charge in [0.05, 0.1) is 13.3 Å². The van der Waals surface area contributed by atoms with Crippen LogP contribution in [0, 0.1) is 0 Å². The zero-order valence-corrected chi connectivity index (χ0v) is 20.9. The lowest BCUT2D eigenvalue weighted by molar-refractivity contribution is 0.0532. The van der Waals surface area contributed by atoms with Gasteiger partial charge in [-0.15, -0.1) is 0 Å². The van der Waals surface area contributed by atoms with Crippen LogP contribution in [0.5, 0.6) is 5.75 Å². The number of amides is 2. The number of nitrogens with zero attached hydrogens (tertiary/aromatic N) is 5. The zero-order valence-electron chi connectivity index (χ0n) is 20.0. The highest BCUT2D eigenvalue weighted by atomic mass is 32.2. The third-order valence-corrected chi connectivity index (χ3v) is 7.22. The molecule has 10 nitrogen and oxygen atoms in total. The average Bonchev–Trinajstić information content (AvgIpc) is 2.96. The smallest absolute Gasteiger partial charge is 0.274 e. The summed E-state index contributed by atoms with van der Waals surface area (Å²) < 4.78 is 21.6. The lowest BCUT2D eigenvalue weighted by Gasteiger charge is -2.34. The second kappa shape index (κ2) is 10.8. The molecule has 0 radical (unpaired) electrons. The number of fused-ring (bicyclic) bond motifs is 1. The van der Waals surface area contributed by atoms with E-state index in [4.69, 9.17) is 4.74 Å². The Morgan fingerprint density at radius 2 is 1.70 bits per heavy atom. The van der Waals surface area contributed by atoms with Gasteiger partial charge in [-0.05, 0) is 30.3 Å². The number of aromatic nitrogens is 3. The molecular weight excluding hydrogens is 492 g/mol. The third kappa shape index (κ3) is 5.18. The van der Waals surface area contributed by atoms with Crippen LogP contribution in [-0.4, -0.2) is 74.4 Å². The molecule has 2 aromatic carbocycles. The van der Waals surface area contributed by atoms with E-state index in [1.807, 2.05) is 24.3 Å². The van der Waals surface area contributed by atoms with Gasteiger partial charge in [-0.25, -0.2) is 4.98 Å². The predicted octanol–water partition coefficient (Wildman–Crippen LogP) is 2.77. The van der Waals surface area contributed by atoms with Crippen LogP contribution in [0.1, 0.15) is 20.8 Å². The number of hydrogen-bond donors (Lipinski definition) is 1. The highest BCUT2D eigenvalue weighted by Gasteiger charge is 2.27.